The summed E-state index contributed by atoms with van der Waals surface area (Å²) in [6, 6.07) is 6.18. The Bertz CT molecular complexity index is 1460. The largest absolute Gasteiger partial charge is 0.434 e. The predicted molar refractivity (Wildman–Crippen MR) is 135 cm³/mol. The average Bonchev–Trinajstić information content (AvgIpc) is 3.49. The van der Waals surface area contributed by atoms with Crippen molar-refractivity contribution in [1.82, 2.24) is 24.4 Å². The van der Waals surface area contributed by atoms with Crippen LogP contribution in [-0.4, -0.2) is 42.9 Å². The number of hydrogen-bond acceptors (Lipinski definition) is 6. The van der Waals surface area contributed by atoms with Crippen LogP contribution in [0.2, 0.25) is 5.02 Å². The van der Waals surface area contributed by atoms with E-state index in [0.717, 1.165) is 25.7 Å². The highest BCUT2D eigenvalue weighted by atomic mass is 35.5. The first-order valence-electron chi connectivity index (χ1n) is 11.7. The topological polar surface area (TPSA) is 112 Å². The second-order valence-corrected chi connectivity index (χ2v) is 9.17. The Morgan fingerprint density at radius 1 is 1.32 bits per heavy atom. The molecule has 1 saturated carbocycles. The average molecular weight is 528 g/mol. The SMILES string of the molecule is NC1CCC(=CCn2cc(NC(=O)c3cnn4cccnc34)c(-c3cc(Cl)ccc3OC(F)F)n2)CC1. The van der Waals surface area contributed by atoms with E-state index in [1.807, 2.05) is 0 Å². The Morgan fingerprint density at radius 3 is 2.92 bits per heavy atom. The molecule has 1 amide bonds. The van der Waals surface area contributed by atoms with Crippen molar-refractivity contribution in [2.45, 2.75) is 44.9 Å². The van der Waals surface area contributed by atoms with Crippen molar-refractivity contribution in [2.24, 2.45) is 5.73 Å². The van der Waals surface area contributed by atoms with Crippen LogP contribution < -0.4 is 15.8 Å². The lowest BCUT2D eigenvalue weighted by atomic mass is 9.91. The number of amides is 1. The highest BCUT2D eigenvalue weighted by molar-refractivity contribution is 6.31. The van der Waals surface area contributed by atoms with Crippen molar-refractivity contribution in [2.75, 3.05) is 5.32 Å². The van der Waals surface area contributed by atoms with Gasteiger partial charge in [-0.25, -0.2) is 9.50 Å². The van der Waals surface area contributed by atoms with Crippen LogP contribution >= 0.6 is 11.6 Å². The number of halogens is 3. The van der Waals surface area contributed by atoms with Gasteiger partial charge in [0.25, 0.3) is 5.91 Å². The molecule has 4 aromatic rings. The molecule has 0 atom stereocenters. The molecule has 0 saturated heterocycles. The van der Waals surface area contributed by atoms with Crippen LogP contribution in [0, 0.1) is 0 Å². The van der Waals surface area contributed by atoms with E-state index in [1.54, 1.807) is 29.3 Å². The zero-order valence-corrected chi connectivity index (χ0v) is 20.4. The third-order valence-electron chi connectivity index (χ3n) is 6.19. The van der Waals surface area contributed by atoms with Gasteiger partial charge in [0.05, 0.1) is 18.4 Å². The summed E-state index contributed by atoms with van der Waals surface area (Å²) in [7, 11) is 0. The number of alkyl halides is 2. The van der Waals surface area contributed by atoms with Crippen molar-refractivity contribution >= 4 is 28.8 Å². The molecule has 192 valence electrons. The summed E-state index contributed by atoms with van der Waals surface area (Å²) in [4.78, 5) is 17.4. The lowest BCUT2D eigenvalue weighted by molar-refractivity contribution is -0.0494. The Labute approximate surface area is 215 Å². The maximum Gasteiger partial charge on any atom is 0.387 e. The van der Waals surface area contributed by atoms with Gasteiger partial charge in [-0.3, -0.25) is 9.48 Å². The third-order valence-corrected chi connectivity index (χ3v) is 6.42. The summed E-state index contributed by atoms with van der Waals surface area (Å²) in [6.07, 6.45) is 12.1. The predicted octanol–water partition coefficient (Wildman–Crippen LogP) is 4.93. The second kappa shape index (κ2) is 10.7. The lowest BCUT2D eigenvalue weighted by Gasteiger charge is -2.20. The van der Waals surface area contributed by atoms with E-state index in [-0.39, 0.29) is 28.6 Å². The quantitative estimate of drug-likeness (QED) is 0.330. The van der Waals surface area contributed by atoms with Gasteiger partial charge >= 0.3 is 6.61 Å². The highest BCUT2D eigenvalue weighted by Crippen LogP contribution is 2.37. The molecule has 12 heteroatoms. The summed E-state index contributed by atoms with van der Waals surface area (Å²) >= 11 is 6.19. The summed E-state index contributed by atoms with van der Waals surface area (Å²) in [5.74, 6) is -0.593. The number of aromatic nitrogens is 5. The molecule has 5 rings (SSSR count). The van der Waals surface area contributed by atoms with Gasteiger partial charge in [-0.2, -0.15) is 19.0 Å². The molecule has 0 radical (unpaired) electrons. The molecule has 1 aromatic carbocycles. The van der Waals surface area contributed by atoms with E-state index in [9.17, 15) is 13.6 Å². The van der Waals surface area contributed by atoms with E-state index in [4.69, 9.17) is 22.1 Å². The van der Waals surface area contributed by atoms with Crippen molar-refractivity contribution in [3.63, 3.8) is 0 Å². The third kappa shape index (κ3) is 5.62. The number of rotatable bonds is 7. The molecule has 0 spiro atoms. The number of carbonyl (C=O) groups excluding carboxylic acids is 1. The minimum atomic E-state index is -3.05. The smallest absolute Gasteiger partial charge is 0.387 e. The molecule has 3 aromatic heterocycles. The summed E-state index contributed by atoms with van der Waals surface area (Å²) in [5.41, 5.74) is 8.66. The number of anilines is 1. The molecule has 9 nitrogen and oxygen atoms in total. The van der Waals surface area contributed by atoms with Crippen LogP contribution in [0.25, 0.3) is 16.9 Å². The molecule has 3 heterocycles. The van der Waals surface area contributed by atoms with Crippen LogP contribution in [0.5, 0.6) is 5.75 Å². The number of nitrogens with two attached hydrogens (primary N) is 1. The number of ether oxygens (including phenoxy) is 1. The Balaban J connectivity index is 1.51. The first kappa shape index (κ1) is 24.8. The first-order valence-corrected chi connectivity index (χ1v) is 12.1. The Hall–Kier alpha value is -3.83. The Kier molecular flexibility index (Phi) is 7.15. The summed E-state index contributed by atoms with van der Waals surface area (Å²) in [5, 5.41) is 11.9. The maximum atomic E-state index is 13.2. The Morgan fingerprint density at radius 2 is 2.14 bits per heavy atom. The van der Waals surface area contributed by atoms with Gasteiger partial charge in [0.2, 0.25) is 0 Å². The van der Waals surface area contributed by atoms with Crippen LogP contribution in [0.1, 0.15) is 36.0 Å². The number of nitrogens with zero attached hydrogens (tertiary/aromatic N) is 5. The fourth-order valence-corrected chi connectivity index (χ4v) is 4.48. The lowest BCUT2D eigenvalue weighted by Crippen LogP contribution is -2.23. The fourth-order valence-electron chi connectivity index (χ4n) is 4.31. The second-order valence-electron chi connectivity index (χ2n) is 8.73. The van der Waals surface area contributed by atoms with Crippen molar-refractivity contribution < 1.29 is 18.3 Å². The van der Waals surface area contributed by atoms with E-state index in [1.165, 1.54) is 34.5 Å². The minimum absolute atomic E-state index is 0.113. The van der Waals surface area contributed by atoms with E-state index in [0.29, 0.717) is 22.9 Å². The van der Waals surface area contributed by atoms with Crippen molar-refractivity contribution in [3.05, 3.63) is 71.3 Å². The molecule has 0 bridgehead atoms. The van der Waals surface area contributed by atoms with Gasteiger partial charge in [-0.15, -0.1) is 0 Å². The zero-order chi connectivity index (χ0) is 25.9. The molecular formula is C25H24ClF2N7O2. The van der Waals surface area contributed by atoms with Crippen LogP contribution in [0.4, 0.5) is 14.5 Å². The number of carbonyl (C=O) groups is 1. The monoisotopic (exact) mass is 527 g/mol. The van der Waals surface area contributed by atoms with Gasteiger partial charge in [0, 0.05) is 35.2 Å². The van der Waals surface area contributed by atoms with Gasteiger partial charge in [-0.05, 0) is 49.9 Å². The highest BCUT2D eigenvalue weighted by Gasteiger charge is 2.22. The molecule has 1 fully saturated rings. The van der Waals surface area contributed by atoms with E-state index < -0.39 is 12.5 Å². The molecule has 3 N–H and O–H groups in total. The minimum Gasteiger partial charge on any atom is -0.434 e. The summed E-state index contributed by atoms with van der Waals surface area (Å²) < 4.78 is 34.1. The van der Waals surface area contributed by atoms with Crippen molar-refractivity contribution in [1.29, 1.82) is 0 Å². The van der Waals surface area contributed by atoms with Crippen LogP contribution in [0.3, 0.4) is 0 Å². The molecular weight excluding hydrogens is 504 g/mol. The van der Waals surface area contributed by atoms with Crippen molar-refractivity contribution in [3.8, 4) is 17.0 Å². The number of allylic oxidation sites excluding steroid dienone is 2. The van der Waals surface area contributed by atoms with Gasteiger partial charge < -0.3 is 15.8 Å². The van der Waals surface area contributed by atoms with E-state index >= 15 is 0 Å². The van der Waals surface area contributed by atoms with Gasteiger partial charge in [0.15, 0.2) is 5.65 Å². The van der Waals surface area contributed by atoms with Gasteiger partial charge in [0.1, 0.15) is 17.0 Å². The van der Waals surface area contributed by atoms with Gasteiger partial charge in [-0.1, -0.05) is 23.3 Å². The standard InChI is InChI=1S/C25H24ClF2N7O2/c26-16-4-7-21(37-25(27)28)18(12-16)22-20(14-34(33-22)11-8-15-2-5-17(29)6-3-15)32-24(36)19-13-31-35-10-1-9-30-23(19)35/h1,4,7-10,12-14,17,25H,2-3,5-6,11,29H2,(H,32,36). The fraction of sp³-hybridized carbons (Fsp3) is 0.280. The number of fused-ring (bicyclic) bond motifs is 1. The molecule has 1 aliphatic carbocycles. The molecule has 37 heavy (non-hydrogen) atoms. The van der Waals surface area contributed by atoms with E-state index in [2.05, 4.69) is 26.6 Å². The molecule has 1 aliphatic rings. The number of hydrogen-bond donors (Lipinski definition) is 2. The first-order chi connectivity index (χ1) is 17.9. The normalized spacial score (nSPS) is 15.8. The summed E-state index contributed by atoms with van der Waals surface area (Å²) in [6.45, 7) is -2.62. The number of benzene rings is 1. The zero-order valence-electron chi connectivity index (χ0n) is 19.7. The van der Waals surface area contributed by atoms with Crippen LogP contribution in [-0.2, 0) is 6.54 Å². The number of nitrogens with one attached hydrogen (secondary N) is 1. The maximum absolute atomic E-state index is 13.2. The molecule has 0 aliphatic heterocycles. The van der Waals surface area contributed by atoms with Crippen LogP contribution in [0.15, 0.2) is 60.7 Å². The molecule has 0 unspecified atom stereocenters.